The van der Waals surface area contributed by atoms with Crippen molar-refractivity contribution in [1.82, 2.24) is 15.2 Å². The Kier molecular flexibility index (Phi) is 5.50. The lowest BCUT2D eigenvalue weighted by Crippen LogP contribution is -2.11. The first-order chi connectivity index (χ1) is 11.9. The zero-order valence-corrected chi connectivity index (χ0v) is 15.2. The largest absolute Gasteiger partial charge is 0.341 e. The number of benzene rings is 1. The third-order valence-corrected chi connectivity index (χ3v) is 6.48. The van der Waals surface area contributed by atoms with Gasteiger partial charge in [0.1, 0.15) is 5.82 Å². The zero-order valence-electron chi connectivity index (χ0n) is 12.7. The predicted octanol–water partition coefficient (Wildman–Crippen LogP) is 3.75. The van der Waals surface area contributed by atoms with Gasteiger partial charge in [0.05, 0.1) is 4.90 Å². The maximum atomic E-state index is 12.5. The molecule has 25 heavy (non-hydrogen) atoms. The summed E-state index contributed by atoms with van der Waals surface area (Å²) in [5, 5.41) is 9.59. The first-order valence-electron chi connectivity index (χ1n) is 7.12. The van der Waals surface area contributed by atoms with Gasteiger partial charge in [0.25, 0.3) is 0 Å². The number of halogens is 2. The highest BCUT2D eigenvalue weighted by molar-refractivity contribution is 7.98. The second-order valence-electron chi connectivity index (χ2n) is 5.06. The minimum atomic E-state index is -4.55. The topological polar surface area (TPSA) is 75.7 Å². The van der Waals surface area contributed by atoms with Crippen LogP contribution >= 0.6 is 23.1 Å². The van der Waals surface area contributed by atoms with E-state index in [1.807, 2.05) is 17.5 Å². The first-order valence-corrected chi connectivity index (χ1v) is 10.5. The number of aromatic amines is 1. The monoisotopic (exact) mass is 401 g/mol. The van der Waals surface area contributed by atoms with Crippen LogP contribution in [0.1, 0.15) is 16.3 Å². The molecule has 1 N–H and O–H groups in total. The van der Waals surface area contributed by atoms with E-state index < -0.39 is 15.6 Å². The number of rotatable bonds is 7. The Balaban J connectivity index is 1.60. The molecule has 0 saturated heterocycles. The van der Waals surface area contributed by atoms with Gasteiger partial charge in [0.15, 0.2) is 0 Å². The van der Waals surface area contributed by atoms with Crippen molar-refractivity contribution in [3.8, 4) is 0 Å². The Labute approximate surface area is 151 Å². The van der Waals surface area contributed by atoms with Crippen molar-refractivity contribution in [3.63, 3.8) is 0 Å². The lowest BCUT2D eigenvalue weighted by Gasteiger charge is -2.04. The fraction of sp³-hybridized carbons (Fsp3) is 0.200. The SMILES string of the molecule is O=S(=O)(c1ccc(CSc2n[nH]c(Cc3cccs3)n2)cc1)C(F)F. The number of thiophene rings is 1. The molecule has 0 radical (unpaired) electrons. The Morgan fingerprint density at radius 3 is 2.60 bits per heavy atom. The maximum Gasteiger partial charge on any atom is 0.341 e. The van der Waals surface area contributed by atoms with Crippen molar-refractivity contribution in [2.45, 2.75) is 28.0 Å². The molecule has 2 heterocycles. The molecule has 0 aliphatic heterocycles. The van der Waals surface area contributed by atoms with Crippen LogP contribution in [0.4, 0.5) is 8.78 Å². The standard InChI is InChI=1S/C15H13F2N3O2S3/c16-14(17)25(21,22)12-5-3-10(4-6-12)9-24-15-18-13(19-20-15)8-11-2-1-7-23-11/h1-7,14H,8-9H2,(H,18,19,20). The molecule has 3 rings (SSSR count). The fourth-order valence-corrected chi connectivity index (χ4v) is 4.23. The molecule has 0 bridgehead atoms. The average Bonchev–Trinajstić information content (AvgIpc) is 3.25. The van der Waals surface area contributed by atoms with E-state index in [0.717, 1.165) is 11.4 Å². The maximum absolute atomic E-state index is 12.5. The summed E-state index contributed by atoms with van der Waals surface area (Å²) in [6, 6.07) is 9.41. The molecule has 1 aromatic carbocycles. The summed E-state index contributed by atoms with van der Waals surface area (Å²) in [6.45, 7) is 0. The van der Waals surface area contributed by atoms with Gasteiger partial charge in [-0.1, -0.05) is 30.0 Å². The van der Waals surface area contributed by atoms with Crippen molar-refractivity contribution in [2.75, 3.05) is 0 Å². The number of sulfone groups is 1. The second kappa shape index (κ2) is 7.63. The molecular weight excluding hydrogens is 388 g/mol. The van der Waals surface area contributed by atoms with Crippen LogP contribution in [0.2, 0.25) is 0 Å². The van der Waals surface area contributed by atoms with Gasteiger partial charge in [-0.15, -0.1) is 16.4 Å². The molecule has 0 aliphatic carbocycles. The Hall–Kier alpha value is -1.78. The lowest BCUT2D eigenvalue weighted by atomic mass is 10.2. The molecule has 0 fully saturated rings. The summed E-state index contributed by atoms with van der Waals surface area (Å²) in [4.78, 5) is 5.19. The molecule has 0 saturated carbocycles. The highest BCUT2D eigenvalue weighted by atomic mass is 32.2. The minimum absolute atomic E-state index is 0.382. The van der Waals surface area contributed by atoms with E-state index >= 15 is 0 Å². The first kappa shape index (κ1) is 18.0. The predicted molar refractivity (Wildman–Crippen MR) is 92.7 cm³/mol. The van der Waals surface area contributed by atoms with Crippen molar-refractivity contribution < 1.29 is 17.2 Å². The highest BCUT2D eigenvalue weighted by Crippen LogP contribution is 2.23. The quantitative estimate of drug-likeness (QED) is 0.610. The van der Waals surface area contributed by atoms with Crippen LogP contribution in [-0.4, -0.2) is 29.4 Å². The third-order valence-electron chi connectivity index (χ3n) is 3.29. The fourth-order valence-electron chi connectivity index (χ4n) is 2.03. The summed E-state index contributed by atoms with van der Waals surface area (Å²) in [7, 11) is -4.55. The average molecular weight is 401 g/mol. The van der Waals surface area contributed by atoms with Gasteiger partial charge in [0, 0.05) is 17.1 Å². The van der Waals surface area contributed by atoms with E-state index in [-0.39, 0.29) is 4.90 Å². The van der Waals surface area contributed by atoms with E-state index in [1.54, 1.807) is 11.3 Å². The number of alkyl halides is 2. The van der Waals surface area contributed by atoms with Crippen LogP contribution < -0.4 is 0 Å². The van der Waals surface area contributed by atoms with Gasteiger partial charge in [-0.3, -0.25) is 5.10 Å². The zero-order chi connectivity index (χ0) is 17.9. The number of hydrogen-bond donors (Lipinski definition) is 1. The van der Waals surface area contributed by atoms with Gasteiger partial charge in [-0.05, 0) is 29.1 Å². The van der Waals surface area contributed by atoms with Gasteiger partial charge in [-0.25, -0.2) is 13.4 Å². The number of H-pyrrole nitrogens is 1. The van der Waals surface area contributed by atoms with E-state index in [1.165, 1.54) is 40.9 Å². The lowest BCUT2D eigenvalue weighted by molar-refractivity contribution is 0.234. The summed E-state index contributed by atoms with van der Waals surface area (Å²) >= 11 is 3.02. The van der Waals surface area contributed by atoms with Crippen LogP contribution in [0, 0.1) is 0 Å². The molecule has 132 valence electrons. The molecule has 0 unspecified atom stereocenters. The second-order valence-corrected chi connectivity index (χ2v) is 8.95. The van der Waals surface area contributed by atoms with Crippen LogP contribution in [0.3, 0.4) is 0 Å². The van der Waals surface area contributed by atoms with Crippen molar-refractivity contribution in [2.24, 2.45) is 0 Å². The Morgan fingerprint density at radius 1 is 1.20 bits per heavy atom. The molecule has 5 nitrogen and oxygen atoms in total. The Morgan fingerprint density at radius 2 is 1.96 bits per heavy atom. The summed E-state index contributed by atoms with van der Waals surface area (Å²) < 4.78 is 47.7. The van der Waals surface area contributed by atoms with Crippen molar-refractivity contribution >= 4 is 32.9 Å². The molecule has 0 atom stereocenters. The summed E-state index contributed by atoms with van der Waals surface area (Å²) in [5.41, 5.74) is 0.794. The Bertz CT molecular complexity index is 923. The molecule has 0 amide bonds. The summed E-state index contributed by atoms with van der Waals surface area (Å²) in [5.74, 6) is -2.14. The van der Waals surface area contributed by atoms with E-state index in [4.69, 9.17) is 0 Å². The molecule has 0 aliphatic rings. The van der Waals surface area contributed by atoms with E-state index in [2.05, 4.69) is 15.2 Å². The molecule has 2 aromatic heterocycles. The number of nitrogens with zero attached hydrogens (tertiary/aromatic N) is 2. The van der Waals surface area contributed by atoms with E-state index in [0.29, 0.717) is 17.3 Å². The van der Waals surface area contributed by atoms with Crippen LogP contribution in [-0.2, 0) is 22.0 Å². The molecule has 0 spiro atoms. The van der Waals surface area contributed by atoms with Crippen LogP contribution in [0.25, 0.3) is 0 Å². The van der Waals surface area contributed by atoms with Crippen molar-refractivity contribution in [1.29, 1.82) is 0 Å². The van der Waals surface area contributed by atoms with E-state index in [9.17, 15) is 17.2 Å². The normalized spacial score (nSPS) is 12.0. The number of nitrogens with one attached hydrogen (secondary N) is 1. The van der Waals surface area contributed by atoms with Gasteiger partial charge in [0.2, 0.25) is 15.0 Å². The molecule has 10 heteroatoms. The highest BCUT2D eigenvalue weighted by Gasteiger charge is 2.26. The van der Waals surface area contributed by atoms with Gasteiger partial charge in [-0.2, -0.15) is 8.78 Å². The number of thioether (sulfide) groups is 1. The molecular formula is C15H13F2N3O2S3. The summed E-state index contributed by atoms with van der Waals surface area (Å²) in [6.07, 6.45) is 0.686. The smallest absolute Gasteiger partial charge is 0.262 e. The van der Waals surface area contributed by atoms with Gasteiger partial charge < -0.3 is 0 Å². The van der Waals surface area contributed by atoms with Gasteiger partial charge >= 0.3 is 5.76 Å². The third kappa shape index (κ3) is 4.44. The number of hydrogen-bond acceptors (Lipinski definition) is 6. The van der Waals surface area contributed by atoms with Crippen LogP contribution in [0.5, 0.6) is 0 Å². The number of aromatic nitrogens is 3. The minimum Gasteiger partial charge on any atom is -0.262 e. The van der Waals surface area contributed by atoms with Crippen molar-refractivity contribution in [3.05, 3.63) is 58.0 Å². The molecule has 3 aromatic rings. The van der Waals surface area contributed by atoms with Crippen LogP contribution in [0.15, 0.2) is 51.8 Å².